The van der Waals surface area contributed by atoms with Crippen LogP contribution in [0.4, 0.5) is 10.1 Å². The predicted octanol–water partition coefficient (Wildman–Crippen LogP) is 2.60. The molecule has 0 saturated carbocycles. The van der Waals surface area contributed by atoms with Crippen LogP contribution in [-0.4, -0.2) is 30.9 Å². The van der Waals surface area contributed by atoms with Gasteiger partial charge in [0.2, 0.25) is 5.91 Å². The monoisotopic (exact) mass is 398 g/mol. The van der Waals surface area contributed by atoms with Crippen molar-refractivity contribution in [1.82, 2.24) is 5.32 Å². The van der Waals surface area contributed by atoms with Gasteiger partial charge in [-0.25, -0.2) is 4.39 Å². The molecule has 1 aliphatic rings. The maximum atomic E-state index is 12.9. The average molecular weight is 398 g/mol. The topological polar surface area (TPSA) is 75.7 Å². The highest BCUT2D eigenvalue weighted by molar-refractivity contribution is 6.00. The highest BCUT2D eigenvalue weighted by atomic mass is 19.1. The van der Waals surface area contributed by atoms with E-state index in [-0.39, 0.29) is 31.2 Å². The summed E-state index contributed by atoms with van der Waals surface area (Å²) in [6.45, 7) is 2.04. The van der Waals surface area contributed by atoms with E-state index in [4.69, 9.17) is 4.74 Å². The Kier molecular flexibility index (Phi) is 6.59. The first-order valence-corrected chi connectivity index (χ1v) is 9.54. The Labute approximate surface area is 168 Å². The molecular weight excluding hydrogens is 375 g/mol. The summed E-state index contributed by atoms with van der Waals surface area (Å²) in [5, 5.41) is 2.61. The van der Waals surface area contributed by atoms with E-state index in [0.29, 0.717) is 0 Å². The van der Waals surface area contributed by atoms with Crippen molar-refractivity contribution < 1.29 is 23.5 Å². The number of para-hydroxylation sites is 1. The molecule has 1 aliphatic heterocycles. The van der Waals surface area contributed by atoms with Crippen molar-refractivity contribution in [3.63, 3.8) is 0 Å². The van der Waals surface area contributed by atoms with Crippen LogP contribution in [0.1, 0.15) is 24.5 Å². The molecule has 0 aliphatic carbocycles. The number of halogens is 1. The summed E-state index contributed by atoms with van der Waals surface area (Å²) in [4.78, 5) is 38.2. The quantitative estimate of drug-likeness (QED) is 0.728. The van der Waals surface area contributed by atoms with E-state index in [0.717, 1.165) is 23.2 Å². The van der Waals surface area contributed by atoms with Gasteiger partial charge in [0.15, 0.2) is 6.61 Å². The minimum Gasteiger partial charge on any atom is -0.455 e. The standard InChI is InChI=1S/C22H23FN2O4/c1-2-16-5-3-4-6-19(16)25-13-17(11-21(25)27)22(28)29-14-20(26)24-12-15-7-9-18(23)10-8-15/h3-10,17H,2,11-14H2,1H3,(H,24,26)/t17-/m0/s1. The molecule has 0 aromatic heterocycles. The van der Waals surface area contributed by atoms with E-state index in [1.54, 1.807) is 17.0 Å². The Hall–Kier alpha value is -3.22. The van der Waals surface area contributed by atoms with Gasteiger partial charge in [0.05, 0.1) is 5.92 Å². The van der Waals surface area contributed by atoms with E-state index >= 15 is 0 Å². The van der Waals surface area contributed by atoms with Gasteiger partial charge in [-0.05, 0) is 35.7 Å². The van der Waals surface area contributed by atoms with Crippen LogP contribution >= 0.6 is 0 Å². The number of carbonyl (C=O) groups excluding carboxylic acids is 3. The first-order valence-electron chi connectivity index (χ1n) is 9.54. The number of anilines is 1. The second-order valence-electron chi connectivity index (χ2n) is 6.90. The number of aryl methyl sites for hydroxylation is 1. The Bertz CT molecular complexity index is 898. The van der Waals surface area contributed by atoms with Crippen LogP contribution in [0.2, 0.25) is 0 Å². The molecule has 0 unspecified atom stereocenters. The van der Waals surface area contributed by atoms with E-state index in [9.17, 15) is 18.8 Å². The summed E-state index contributed by atoms with van der Waals surface area (Å²) in [7, 11) is 0. The number of amides is 2. The highest BCUT2D eigenvalue weighted by Gasteiger charge is 2.36. The molecule has 2 amide bonds. The number of hydrogen-bond acceptors (Lipinski definition) is 4. The van der Waals surface area contributed by atoms with Gasteiger partial charge in [0, 0.05) is 25.2 Å². The van der Waals surface area contributed by atoms with Crippen LogP contribution in [0, 0.1) is 11.7 Å². The van der Waals surface area contributed by atoms with Crippen molar-refractivity contribution in [3.05, 3.63) is 65.5 Å². The van der Waals surface area contributed by atoms with Gasteiger partial charge in [-0.15, -0.1) is 0 Å². The normalized spacial score (nSPS) is 16.0. The van der Waals surface area contributed by atoms with Gasteiger partial charge in [-0.1, -0.05) is 37.3 Å². The SMILES string of the molecule is CCc1ccccc1N1C[C@@H](C(=O)OCC(=O)NCc2ccc(F)cc2)CC1=O. The Morgan fingerprint density at radius 2 is 1.90 bits per heavy atom. The summed E-state index contributed by atoms with van der Waals surface area (Å²) in [6, 6.07) is 13.3. The second kappa shape index (κ2) is 9.32. The molecule has 2 aromatic rings. The minimum atomic E-state index is -0.600. The van der Waals surface area contributed by atoms with Crippen molar-refractivity contribution in [3.8, 4) is 0 Å². The van der Waals surface area contributed by atoms with E-state index < -0.39 is 24.4 Å². The van der Waals surface area contributed by atoms with Gasteiger partial charge in [-0.3, -0.25) is 14.4 Å². The molecule has 2 aromatic carbocycles. The lowest BCUT2D eigenvalue weighted by Crippen LogP contribution is -2.31. The van der Waals surface area contributed by atoms with Crippen LogP contribution in [0.25, 0.3) is 0 Å². The zero-order valence-corrected chi connectivity index (χ0v) is 16.2. The zero-order chi connectivity index (χ0) is 20.8. The van der Waals surface area contributed by atoms with Gasteiger partial charge in [0.1, 0.15) is 5.82 Å². The van der Waals surface area contributed by atoms with Crippen LogP contribution < -0.4 is 10.2 Å². The third-order valence-corrected chi connectivity index (χ3v) is 4.87. The first kappa shape index (κ1) is 20.5. The fourth-order valence-electron chi connectivity index (χ4n) is 3.28. The third-order valence-electron chi connectivity index (χ3n) is 4.87. The molecule has 29 heavy (non-hydrogen) atoms. The fourth-order valence-corrected chi connectivity index (χ4v) is 3.28. The number of nitrogens with zero attached hydrogens (tertiary/aromatic N) is 1. The summed E-state index contributed by atoms with van der Waals surface area (Å²) in [5.74, 6) is -2.10. The van der Waals surface area contributed by atoms with Crippen molar-refractivity contribution in [2.45, 2.75) is 26.3 Å². The predicted molar refractivity (Wildman–Crippen MR) is 105 cm³/mol. The van der Waals surface area contributed by atoms with Crippen molar-refractivity contribution in [2.24, 2.45) is 5.92 Å². The Morgan fingerprint density at radius 3 is 2.62 bits per heavy atom. The fraction of sp³-hybridized carbons (Fsp3) is 0.318. The number of nitrogens with one attached hydrogen (secondary N) is 1. The molecule has 1 saturated heterocycles. The van der Waals surface area contributed by atoms with Crippen LogP contribution in [0.5, 0.6) is 0 Å². The average Bonchev–Trinajstić information content (AvgIpc) is 3.13. The lowest BCUT2D eigenvalue weighted by Gasteiger charge is -2.19. The molecule has 1 heterocycles. The largest absolute Gasteiger partial charge is 0.455 e. The number of benzene rings is 2. The third kappa shape index (κ3) is 5.19. The van der Waals surface area contributed by atoms with E-state index in [1.807, 2.05) is 31.2 Å². The lowest BCUT2D eigenvalue weighted by atomic mass is 10.1. The molecule has 1 atom stereocenters. The summed E-state index contributed by atoms with van der Waals surface area (Å²) in [6.07, 6.45) is 0.845. The maximum absolute atomic E-state index is 12.9. The summed E-state index contributed by atoms with van der Waals surface area (Å²) in [5.41, 5.74) is 2.58. The van der Waals surface area contributed by atoms with Gasteiger partial charge in [-0.2, -0.15) is 0 Å². The smallest absolute Gasteiger partial charge is 0.311 e. The van der Waals surface area contributed by atoms with Crippen molar-refractivity contribution in [2.75, 3.05) is 18.1 Å². The molecule has 0 bridgehead atoms. The van der Waals surface area contributed by atoms with Crippen molar-refractivity contribution in [1.29, 1.82) is 0 Å². The molecule has 1 fully saturated rings. The lowest BCUT2D eigenvalue weighted by molar-refractivity contribution is -0.152. The van der Waals surface area contributed by atoms with Gasteiger partial charge < -0.3 is 15.0 Å². The molecular formula is C22H23FN2O4. The van der Waals surface area contributed by atoms with Gasteiger partial charge in [0.25, 0.3) is 5.91 Å². The minimum absolute atomic E-state index is 0.0636. The molecule has 0 radical (unpaired) electrons. The molecule has 0 spiro atoms. The number of hydrogen-bond donors (Lipinski definition) is 1. The molecule has 1 N–H and O–H groups in total. The first-order chi connectivity index (χ1) is 14.0. The maximum Gasteiger partial charge on any atom is 0.311 e. The number of carbonyl (C=O) groups is 3. The van der Waals surface area contributed by atoms with E-state index in [1.165, 1.54) is 12.1 Å². The van der Waals surface area contributed by atoms with Crippen LogP contribution in [0.15, 0.2) is 48.5 Å². The molecule has 3 rings (SSSR count). The zero-order valence-electron chi connectivity index (χ0n) is 16.2. The summed E-state index contributed by atoms with van der Waals surface area (Å²) >= 11 is 0. The van der Waals surface area contributed by atoms with Crippen LogP contribution in [0.3, 0.4) is 0 Å². The van der Waals surface area contributed by atoms with E-state index in [2.05, 4.69) is 5.32 Å². The van der Waals surface area contributed by atoms with Gasteiger partial charge >= 0.3 is 5.97 Å². The van der Waals surface area contributed by atoms with Crippen molar-refractivity contribution >= 4 is 23.5 Å². The number of ether oxygens (including phenoxy) is 1. The number of rotatable bonds is 7. The molecule has 7 heteroatoms. The number of esters is 1. The molecule has 152 valence electrons. The van der Waals surface area contributed by atoms with Crippen LogP contribution in [-0.2, 0) is 32.1 Å². The highest BCUT2D eigenvalue weighted by Crippen LogP contribution is 2.29. The Balaban J connectivity index is 1.49. The second-order valence-corrected chi connectivity index (χ2v) is 6.90. The molecule has 6 nitrogen and oxygen atoms in total. The Morgan fingerprint density at radius 1 is 1.17 bits per heavy atom. The summed E-state index contributed by atoms with van der Waals surface area (Å²) < 4.78 is 18.0.